The summed E-state index contributed by atoms with van der Waals surface area (Å²) in [7, 11) is 0. The first kappa shape index (κ1) is 13.8. The molecule has 0 aliphatic heterocycles. The van der Waals surface area contributed by atoms with E-state index >= 15 is 0 Å². The van der Waals surface area contributed by atoms with E-state index in [0.29, 0.717) is 6.54 Å². The Bertz CT molecular complexity index is 727. The van der Waals surface area contributed by atoms with Crippen LogP contribution in [0.1, 0.15) is 30.3 Å². The molecule has 0 atom stereocenters. The number of pyridine rings is 1. The van der Waals surface area contributed by atoms with Crippen LogP contribution in [-0.2, 0) is 13.1 Å². The standard InChI is InChI=1S/C15H20N6/c1-3-6-16-8-13-10-21(19-18-13)11-14-9-20-7-4-5-12(2)15(20)17-14/h4-5,7,9-10,16H,3,6,8,11H2,1-2H3. The van der Waals surface area contributed by atoms with Gasteiger partial charge in [-0.15, -0.1) is 5.10 Å². The highest BCUT2D eigenvalue weighted by Gasteiger charge is 2.06. The van der Waals surface area contributed by atoms with Crippen molar-refractivity contribution in [2.75, 3.05) is 6.54 Å². The number of imidazole rings is 1. The maximum Gasteiger partial charge on any atom is 0.140 e. The number of hydrogen-bond donors (Lipinski definition) is 1. The summed E-state index contributed by atoms with van der Waals surface area (Å²) in [6, 6.07) is 4.10. The van der Waals surface area contributed by atoms with Crippen molar-refractivity contribution in [2.45, 2.75) is 33.4 Å². The lowest BCUT2D eigenvalue weighted by molar-refractivity contribution is 0.638. The first-order chi connectivity index (χ1) is 10.3. The molecule has 110 valence electrons. The first-order valence-electron chi connectivity index (χ1n) is 7.29. The molecule has 3 aromatic rings. The lowest BCUT2D eigenvalue weighted by Crippen LogP contribution is -2.13. The van der Waals surface area contributed by atoms with Crippen molar-refractivity contribution in [3.63, 3.8) is 0 Å². The lowest BCUT2D eigenvalue weighted by atomic mass is 10.3. The normalized spacial score (nSPS) is 11.3. The van der Waals surface area contributed by atoms with Crippen molar-refractivity contribution < 1.29 is 0 Å². The molecule has 0 fully saturated rings. The van der Waals surface area contributed by atoms with Crippen LogP contribution in [0.5, 0.6) is 0 Å². The molecule has 0 radical (unpaired) electrons. The zero-order valence-electron chi connectivity index (χ0n) is 12.5. The van der Waals surface area contributed by atoms with Crippen molar-refractivity contribution in [3.05, 3.63) is 47.7 Å². The summed E-state index contributed by atoms with van der Waals surface area (Å²) in [5.74, 6) is 0. The lowest BCUT2D eigenvalue weighted by Gasteiger charge is -1.97. The fourth-order valence-corrected chi connectivity index (χ4v) is 2.34. The van der Waals surface area contributed by atoms with Gasteiger partial charge in [0.2, 0.25) is 0 Å². The Hall–Kier alpha value is -2.21. The third-order valence-corrected chi connectivity index (χ3v) is 3.37. The Kier molecular flexibility index (Phi) is 3.96. The Labute approximate surface area is 123 Å². The van der Waals surface area contributed by atoms with E-state index in [1.165, 1.54) is 5.56 Å². The summed E-state index contributed by atoms with van der Waals surface area (Å²) in [6.45, 7) is 6.62. The van der Waals surface area contributed by atoms with Gasteiger partial charge in [0.05, 0.1) is 24.1 Å². The van der Waals surface area contributed by atoms with Crippen LogP contribution in [0.25, 0.3) is 5.65 Å². The number of fused-ring (bicyclic) bond motifs is 1. The van der Waals surface area contributed by atoms with Gasteiger partial charge in [0.15, 0.2) is 0 Å². The molecule has 0 spiro atoms. The molecule has 0 amide bonds. The van der Waals surface area contributed by atoms with Gasteiger partial charge in [-0.05, 0) is 31.5 Å². The van der Waals surface area contributed by atoms with Crippen LogP contribution in [-0.4, -0.2) is 30.9 Å². The Morgan fingerprint density at radius 3 is 2.95 bits per heavy atom. The molecular formula is C15H20N6. The summed E-state index contributed by atoms with van der Waals surface area (Å²) >= 11 is 0. The monoisotopic (exact) mass is 284 g/mol. The maximum absolute atomic E-state index is 4.65. The molecular weight excluding hydrogens is 264 g/mol. The Balaban J connectivity index is 1.71. The predicted octanol–water partition coefficient (Wildman–Crippen LogP) is 1.78. The molecule has 6 heteroatoms. The highest BCUT2D eigenvalue weighted by molar-refractivity contribution is 5.47. The fraction of sp³-hybridized carbons (Fsp3) is 0.400. The first-order valence-corrected chi connectivity index (χ1v) is 7.29. The molecule has 6 nitrogen and oxygen atoms in total. The molecule has 0 aromatic carbocycles. The molecule has 1 N–H and O–H groups in total. The highest BCUT2D eigenvalue weighted by atomic mass is 15.4. The fourth-order valence-electron chi connectivity index (χ4n) is 2.34. The van der Waals surface area contributed by atoms with Gasteiger partial charge in [0.25, 0.3) is 0 Å². The van der Waals surface area contributed by atoms with E-state index < -0.39 is 0 Å². The summed E-state index contributed by atoms with van der Waals surface area (Å²) in [5, 5.41) is 11.7. The molecule has 0 unspecified atom stereocenters. The zero-order valence-corrected chi connectivity index (χ0v) is 12.5. The van der Waals surface area contributed by atoms with E-state index in [1.54, 1.807) is 0 Å². The van der Waals surface area contributed by atoms with Gasteiger partial charge in [-0.3, -0.25) is 0 Å². The molecule has 0 saturated carbocycles. The summed E-state index contributed by atoms with van der Waals surface area (Å²) in [4.78, 5) is 4.65. The van der Waals surface area contributed by atoms with Gasteiger partial charge in [-0.1, -0.05) is 18.2 Å². The average molecular weight is 284 g/mol. The average Bonchev–Trinajstić information content (AvgIpc) is 3.07. The third-order valence-electron chi connectivity index (χ3n) is 3.37. The minimum absolute atomic E-state index is 0.641. The SMILES string of the molecule is CCCNCc1cn(Cc2cn3cccc(C)c3n2)nn1. The third kappa shape index (κ3) is 3.11. The number of nitrogens with one attached hydrogen (secondary N) is 1. The van der Waals surface area contributed by atoms with Crippen LogP contribution in [0.4, 0.5) is 0 Å². The summed E-state index contributed by atoms with van der Waals surface area (Å²) < 4.78 is 3.88. The van der Waals surface area contributed by atoms with Gasteiger partial charge < -0.3 is 9.72 Å². The second-order valence-electron chi connectivity index (χ2n) is 5.24. The number of aromatic nitrogens is 5. The largest absolute Gasteiger partial charge is 0.311 e. The smallest absolute Gasteiger partial charge is 0.140 e. The predicted molar refractivity (Wildman–Crippen MR) is 81.1 cm³/mol. The van der Waals surface area contributed by atoms with Gasteiger partial charge in [-0.25, -0.2) is 9.67 Å². The Morgan fingerprint density at radius 1 is 1.24 bits per heavy atom. The summed E-state index contributed by atoms with van der Waals surface area (Å²) in [5.41, 5.74) is 4.12. The van der Waals surface area contributed by atoms with Crippen molar-refractivity contribution in [1.82, 2.24) is 29.7 Å². The molecule has 0 saturated heterocycles. The van der Waals surface area contributed by atoms with Crippen LogP contribution in [0.2, 0.25) is 0 Å². The summed E-state index contributed by atoms with van der Waals surface area (Å²) in [6.07, 6.45) is 7.15. The molecule has 3 rings (SSSR count). The van der Waals surface area contributed by atoms with E-state index in [4.69, 9.17) is 0 Å². The number of hydrogen-bond acceptors (Lipinski definition) is 4. The number of rotatable bonds is 6. The second kappa shape index (κ2) is 6.05. The quantitative estimate of drug-likeness (QED) is 0.701. The molecule has 0 bridgehead atoms. The van der Waals surface area contributed by atoms with Crippen molar-refractivity contribution in [1.29, 1.82) is 0 Å². The Morgan fingerprint density at radius 2 is 2.14 bits per heavy atom. The van der Waals surface area contributed by atoms with E-state index in [1.807, 2.05) is 33.7 Å². The van der Waals surface area contributed by atoms with Gasteiger partial charge in [0.1, 0.15) is 5.65 Å². The molecule has 3 aromatic heterocycles. The van der Waals surface area contributed by atoms with Crippen LogP contribution in [0, 0.1) is 6.92 Å². The van der Waals surface area contributed by atoms with Crippen molar-refractivity contribution in [2.24, 2.45) is 0 Å². The maximum atomic E-state index is 4.65. The minimum atomic E-state index is 0.641. The van der Waals surface area contributed by atoms with Gasteiger partial charge in [0, 0.05) is 18.9 Å². The van der Waals surface area contributed by atoms with E-state index in [0.717, 1.165) is 36.5 Å². The van der Waals surface area contributed by atoms with Crippen LogP contribution < -0.4 is 5.32 Å². The highest BCUT2D eigenvalue weighted by Crippen LogP contribution is 2.10. The van der Waals surface area contributed by atoms with E-state index in [-0.39, 0.29) is 0 Å². The van der Waals surface area contributed by atoms with Crippen molar-refractivity contribution >= 4 is 5.65 Å². The van der Waals surface area contributed by atoms with E-state index in [9.17, 15) is 0 Å². The van der Waals surface area contributed by atoms with Gasteiger partial charge >= 0.3 is 0 Å². The topological polar surface area (TPSA) is 60.0 Å². The second-order valence-corrected chi connectivity index (χ2v) is 5.24. The minimum Gasteiger partial charge on any atom is -0.311 e. The molecule has 3 heterocycles. The van der Waals surface area contributed by atoms with Crippen LogP contribution in [0.3, 0.4) is 0 Å². The molecule has 0 aliphatic rings. The molecule has 21 heavy (non-hydrogen) atoms. The number of aryl methyl sites for hydroxylation is 1. The van der Waals surface area contributed by atoms with Crippen LogP contribution >= 0.6 is 0 Å². The van der Waals surface area contributed by atoms with Gasteiger partial charge in [-0.2, -0.15) is 0 Å². The van der Waals surface area contributed by atoms with E-state index in [2.05, 4.69) is 40.5 Å². The van der Waals surface area contributed by atoms with Crippen LogP contribution in [0.15, 0.2) is 30.7 Å². The van der Waals surface area contributed by atoms with Crippen molar-refractivity contribution in [3.8, 4) is 0 Å². The molecule has 0 aliphatic carbocycles. The zero-order chi connectivity index (χ0) is 14.7. The number of nitrogens with zero attached hydrogens (tertiary/aromatic N) is 5.